The molecule has 0 unspecified atom stereocenters. The Morgan fingerprint density at radius 1 is 1.17 bits per heavy atom. The molecule has 1 aromatic heterocycles. The topological polar surface area (TPSA) is 45.2 Å². The maximum atomic E-state index is 12.3. The number of anilines is 1. The van der Waals surface area contributed by atoms with Crippen LogP contribution in [0.15, 0.2) is 54.6 Å². The zero-order chi connectivity index (χ0) is 16.4. The SMILES string of the molecule is O=C(CN1CCC[C@H]1c1nc2ccccc2s1)Nc1ccccc1. The summed E-state index contributed by atoms with van der Waals surface area (Å²) >= 11 is 1.74. The van der Waals surface area contributed by atoms with Gasteiger partial charge in [-0.3, -0.25) is 9.69 Å². The van der Waals surface area contributed by atoms with Gasteiger partial charge in [0.25, 0.3) is 0 Å². The van der Waals surface area contributed by atoms with E-state index < -0.39 is 0 Å². The third kappa shape index (κ3) is 3.18. The molecule has 1 atom stereocenters. The van der Waals surface area contributed by atoms with E-state index in [1.165, 1.54) is 4.70 Å². The van der Waals surface area contributed by atoms with Crippen LogP contribution in [0.3, 0.4) is 0 Å². The van der Waals surface area contributed by atoms with Gasteiger partial charge in [-0.2, -0.15) is 0 Å². The molecule has 2 aromatic carbocycles. The molecule has 1 fully saturated rings. The molecule has 0 bridgehead atoms. The molecule has 0 spiro atoms. The van der Waals surface area contributed by atoms with Crippen LogP contribution in [0.25, 0.3) is 10.2 Å². The van der Waals surface area contributed by atoms with Crippen molar-refractivity contribution < 1.29 is 4.79 Å². The summed E-state index contributed by atoms with van der Waals surface area (Å²) in [6.07, 6.45) is 2.18. The first kappa shape index (κ1) is 15.3. The smallest absolute Gasteiger partial charge is 0.238 e. The summed E-state index contributed by atoms with van der Waals surface area (Å²) in [7, 11) is 0. The average molecular weight is 337 g/mol. The van der Waals surface area contributed by atoms with Gasteiger partial charge in [0.2, 0.25) is 5.91 Å². The first-order valence-electron chi connectivity index (χ1n) is 8.24. The fourth-order valence-corrected chi connectivity index (χ4v) is 4.37. The first-order chi connectivity index (χ1) is 11.8. The quantitative estimate of drug-likeness (QED) is 0.780. The van der Waals surface area contributed by atoms with E-state index in [4.69, 9.17) is 4.98 Å². The highest BCUT2D eigenvalue weighted by atomic mass is 32.1. The van der Waals surface area contributed by atoms with E-state index >= 15 is 0 Å². The number of carbonyl (C=O) groups excluding carboxylic acids is 1. The van der Waals surface area contributed by atoms with E-state index in [2.05, 4.69) is 22.3 Å². The molecule has 5 heteroatoms. The van der Waals surface area contributed by atoms with Crippen molar-refractivity contribution >= 4 is 33.1 Å². The van der Waals surface area contributed by atoms with Crippen molar-refractivity contribution in [3.8, 4) is 0 Å². The Bertz CT molecular complexity index is 813. The largest absolute Gasteiger partial charge is 0.325 e. The van der Waals surface area contributed by atoms with Crippen LogP contribution >= 0.6 is 11.3 Å². The van der Waals surface area contributed by atoms with Gasteiger partial charge in [-0.05, 0) is 43.7 Å². The number of rotatable bonds is 4. The number of thiazole rings is 1. The normalized spacial score (nSPS) is 18.1. The molecule has 24 heavy (non-hydrogen) atoms. The monoisotopic (exact) mass is 337 g/mol. The number of nitrogens with one attached hydrogen (secondary N) is 1. The fourth-order valence-electron chi connectivity index (χ4n) is 3.23. The van der Waals surface area contributed by atoms with E-state index in [1.807, 2.05) is 42.5 Å². The summed E-state index contributed by atoms with van der Waals surface area (Å²) in [6, 6.07) is 18.1. The molecule has 1 aliphatic heterocycles. The third-order valence-corrected chi connectivity index (χ3v) is 5.50. The summed E-state index contributed by atoms with van der Waals surface area (Å²) in [4.78, 5) is 19.4. The molecule has 1 amide bonds. The van der Waals surface area contributed by atoms with Gasteiger partial charge in [0, 0.05) is 5.69 Å². The van der Waals surface area contributed by atoms with Crippen LogP contribution in [0.5, 0.6) is 0 Å². The van der Waals surface area contributed by atoms with Crippen molar-refractivity contribution in [2.24, 2.45) is 0 Å². The van der Waals surface area contributed by atoms with Crippen LogP contribution in [0.2, 0.25) is 0 Å². The van der Waals surface area contributed by atoms with Gasteiger partial charge in [0.15, 0.2) is 0 Å². The lowest BCUT2D eigenvalue weighted by Gasteiger charge is -2.22. The molecule has 0 aliphatic carbocycles. The van der Waals surface area contributed by atoms with Crippen molar-refractivity contribution in [3.63, 3.8) is 0 Å². The van der Waals surface area contributed by atoms with Gasteiger partial charge >= 0.3 is 0 Å². The molecule has 0 saturated carbocycles. The highest BCUT2D eigenvalue weighted by molar-refractivity contribution is 7.18. The van der Waals surface area contributed by atoms with E-state index in [9.17, 15) is 4.79 Å². The van der Waals surface area contributed by atoms with E-state index in [-0.39, 0.29) is 11.9 Å². The number of amides is 1. The molecule has 0 radical (unpaired) electrons. The Balaban J connectivity index is 1.47. The highest BCUT2D eigenvalue weighted by Crippen LogP contribution is 2.36. The predicted molar refractivity (Wildman–Crippen MR) is 98.2 cm³/mol. The number of carbonyl (C=O) groups is 1. The molecule has 4 nitrogen and oxygen atoms in total. The lowest BCUT2D eigenvalue weighted by Crippen LogP contribution is -2.32. The molecule has 1 saturated heterocycles. The summed E-state index contributed by atoms with van der Waals surface area (Å²) < 4.78 is 1.22. The highest BCUT2D eigenvalue weighted by Gasteiger charge is 2.30. The van der Waals surface area contributed by atoms with Crippen molar-refractivity contribution in [1.82, 2.24) is 9.88 Å². The molecule has 1 N–H and O–H groups in total. The Kier molecular flexibility index (Phi) is 4.28. The molecule has 2 heterocycles. The Morgan fingerprint density at radius 2 is 1.96 bits per heavy atom. The average Bonchev–Trinajstić information content (AvgIpc) is 3.21. The van der Waals surface area contributed by atoms with Crippen molar-refractivity contribution in [2.75, 3.05) is 18.4 Å². The fraction of sp³-hybridized carbons (Fsp3) is 0.263. The van der Waals surface area contributed by atoms with Gasteiger partial charge in [-0.15, -0.1) is 11.3 Å². The van der Waals surface area contributed by atoms with Gasteiger partial charge in [0.1, 0.15) is 5.01 Å². The van der Waals surface area contributed by atoms with E-state index in [0.717, 1.165) is 35.6 Å². The third-order valence-electron chi connectivity index (χ3n) is 4.36. The van der Waals surface area contributed by atoms with Crippen LogP contribution in [0, 0.1) is 0 Å². The number of nitrogens with zero attached hydrogens (tertiary/aromatic N) is 2. The summed E-state index contributed by atoms with van der Waals surface area (Å²) in [6.45, 7) is 1.36. The minimum absolute atomic E-state index is 0.0363. The molecular weight excluding hydrogens is 318 g/mol. The standard InChI is InChI=1S/C19H19N3OS/c23-18(20-14-7-2-1-3-8-14)13-22-12-6-10-16(22)19-21-15-9-4-5-11-17(15)24-19/h1-5,7-9,11,16H,6,10,12-13H2,(H,20,23)/t16-/m0/s1. The summed E-state index contributed by atoms with van der Waals surface area (Å²) in [5.74, 6) is 0.0363. The number of aromatic nitrogens is 1. The number of likely N-dealkylation sites (tertiary alicyclic amines) is 1. The Morgan fingerprint density at radius 3 is 2.79 bits per heavy atom. The van der Waals surface area contributed by atoms with Gasteiger partial charge in [-0.25, -0.2) is 4.98 Å². The van der Waals surface area contributed by atoms with Gasteiger partial charge in [-0.1, -0.05) is 30.3 Å². The van der Waals surface area contributed by atoms with Crippen LogP contribution in [-0.4, -0.2) is 28.9 Å². The van der Waals surface area contributed by atoms with E-state index in [1.54, 1.807) is 11.3 Å². The zero-order valence-electron chi connectivity index (χ0n) is 13.3. The summed E-state index contributed by atoms with van der Waals surface area (Å²) in [5, 5.41) is 4.10. The lowest BCUT2D eigenvalue weighted by molar-refractivity contribution is -0.117. The molecule has 1 aliphatic rings. The van der Waals surface area contributed by atoms with Crippen molar-refractivity contribution in [1.29, 1.82) is 0 Å². The number of hydrogen-bond acceptors (Lipinski definition) is 4. The Labute approximate surface area is 145 Å². The second-order valence-corrected chi connectivity index (χ2v) is 7.12. The number of para-hydroxylation sites is 2. The van der Waals surface area contributed by atoms with E-state index in [0.29, 0.717) is 6.54 Å². The number of hydrogen-bond donors (Lipinski definition) is 1. The molecule has 3 aromatic rings. The first-order valence-corrected chi connectivity index (χ1v) is 9.06. The van der Waals surface area contributed by atoms with Crippen molar-refractivity contribution in [2.45, 2.75) is 18.9 Å². The number of fused-ring (bicyclic) bond motifs is 1. The van der Waals surface area contributed by atoms with Crippen molar-refractivity contribution in [3.05, 3.63) is 59.6 Å². The maximum Gasteiger partial charge on any atom is 0.238 e. The summed E-state index contributed by atoms with van der Waals surface area (Å²) in [5.41, 5.74) is 1.90. The van der Waals surface area contributed by atoms with Crippen LogP contribution in [-0.2, 0) is 4.79 Å². The second kappa shape index (κ2) is 6.71. The zero-order valence-corrected chi connectivity index (χ0v) is 14.1. The van der Waals surface area contributed by atoms with Crippen LogP contribution in [0.1, 0.15) is 23.9 Å². The maximum absolute atomic E-state index is 12.3. The van der Waals surface area contributed by atoms with Gasteiger partial charge in [0.05, 0.1) is 22.8 Å². The minimum atomic E-state index is 0.0363. The second-order valence-electron chi connectivity index (χ2n) is 6.06. The number of benzene rings is 2. The molecular formula is C19H19N3OS. The predicted octanol–water partition coefficient (Wildman–Crippen LogP) is 4.07. The minimum Gasteiger partial charge on any atom is -0.325 e. The lowest BCUT2D eigenvalue weighted by atomic mass is 10.2. The van der Waals surface area contributed by atoms with Crippen LogP contribution < -0.4 is 5.32 Å². The Hall–Kier alpha value is -2.24. The van der Waals surface area contributed by atoms with Crippen LogP contribution in [0.4, 0.5) is 5.69 Å². The molecule has 122 valence electrons. The van der Waals surface area contributed by atoms with Gasteiger partial charge < -0.3 is 5.32 Å². The molecule has 4 rings (SSSR count).